The highest BCUT2D eigenvalue weighted by Crippen LogP contribution is 2.08. The van der Waals surface area contributed by atoms with Crippen molar-refractivity contribution >= 4 is 18.3 Å². The topological polar surface area (TPSA) is 44.4 Å². The normalized spacial score (nSPS) is 17.9. The molecule has 1 heterocycles. The highest BCUT2D eigenvalue weighted by Gasteiger charge is 2.18. The van der Waals surface area contributed by atoms with E-state index in [9.17, 15) is 4.79 Å². The summed E-state index contributed by atoms with van der Waals surface area (Å²) < 4.78 is 0. The number of amides is 1. The molecular weight excluding hydrogens is 226 g/mol. The van der Waals surface area contributed by atoms with Gasteiger partial charge >= 0.3 is 0 Å². The van der Waals surface area contributed by atoms with E-state index < -0.39 is 0 Å². The maximum atomic E-state index is 11.5. The van der Waals surface area contributed by atoms with Crippen LogP contribution in [0.1, 0.15) is 26.2 Å². The van der Waals surface area contributed by atoms with E-state index >= 15 is 0 Å². The zero-order valence-corrected chi connectivity index (χ0v) is 11.1. The zero-order chi connectivity index (χ0) is 11.1. The lowest BCUT2D eigenvalue weighted by atomic mass is 10.1. The highest BCUT2D eigenvalue weighted by molar-refractivity contribution is 5.85. The summed E-state index contributed by atoms with van der Waals surface area (Å²) in [5, 5.41) is 6.19. The molecule has 2 N–H and O–H groups in total. The quantitative estimate of drug-likeness (QED) is 0.751. The third-order valence-electron chi connectivity index (χ3n) is 2.94. The molecule has 1 saturated heterocycles. The predicted octanol–water partition coefficient (Wildman–Crippen LogP) is 0.618. The first kappa shape index (κ1) is 15.7. The maximum Gasteiger partial charge on any atom is 0.234 e. The summed E-state index contributed by atoms with van der Waals surface area (Å²) in [4.78, 5) is 13.7. The van der Waals surface area contributed by atoms with Crippen LogP contribution in [0, 0.1) is 0 Å². The first-order chi connectivity index (χ1) is 7.26. The summed E-state index contributed by atoms with van der Waals surface area (Å²) in [6, 6.07) is 0.639. The van der Waals surface area contributed by atoms with Crippen LogP contribution in [0.25, 0.3) is 0 Å². The molecule has 1 aliphatic heterocycles. The van der Waals surface area contributed by atoms with Crippen molar-refractivity contribution in [2.75, 3.05) is 33.2 Å². The van der Waals surface area contributed by atoms with Gasteiger partial charge in [0, 0.05) is 25.7 Å². The molecule has 0 unspecified atom stereocenters. The Kier molecular flexibility index (Phi) is 8.61. The van der Waals surface area contributed by atoms with Gasteiger partial charge in [-0.15, -0.1) is 12.4 Å². The predicted molar refractivity (Wildman–Crippen MR) is 69.1 cm³/mol. The molecule has 4 nitrogen and oxygen atoms in total. The molecule has 0 aromatic rings. The van der Waals surface area contributed by atoms with Gasteiger partial charge in [-0.05, 0) is 26.3 Å². The number of carbonyl (C=O) groups excluding carboxylic acids is 1. The number of hydrogen-bond donors (Lipinski definition) is 2. The van der Waals surface area contributed by atoms with E-state index in [1.165, 1.54) is 0 Å². The first-order valence-electron chi connectivity index (χ1n) is 5.92. The van der Waals surface area contributed by atoms with E-state index in [1.807, 2.05) is 7.05 Å². The van der Waals surface area contributed by atoms with Gasteiger partial charge in [0.15, 0.2) is 0 Å². The largest absolute Gasteiger partial charge is 0.355 e. The number of piperidine rings is 1. The van der Waals surface area contributed by atoms with Crippen molar-refractivity contribution in [3.8, 4) is 0 Å². The minimum Gasteiger partial charge on any atom is -0.355 e. The molecule has 0 aromatic heterocycles. The Labute approximate surface area is 105 Å². The number of likely N-dealkylation sites (tertiary alicyclic amines) is 1. The van der Waals surface area contributed by atoms with E-state index in [2.05, 4.69) is 22.5 Å². The lowest BCUT2D eigenvalue weighted by molar-refractivity contribution is -0.122. The van der Waals surface area contributed by atoms with Gasteiger partial charge in [-0.3, -0.25) is 9.69 Å². The van der Waals surface area contributed by atoms with Crippen LogP contribution in [-0.2, 0) is 4.79 Å². The lowest BCUT2D eigenvalue weighted by Crippen LogP contribution is -2.45. The van der Waals surface area contributed by atoms with Crippen LogP contribution in [0.2, 0.25) is 0 Å². The highest BCUT2D eigenvalue weighted by atomic mass is 35.5. The van der Waals surface area contributed by atoms with E-state index in [0.717, 1.165) is 38.9 Å². The third kappa shape index (κ3) is 5.68. The van der Waals surface area contributed by atoms with Gasteiger partial charge in [0.05, 0.1) is 6.54 Å². The fourth-order valence-electron chi connectivity index (χ4n) is 1.90. The van der Waals surface area contributed by atoms with Gasteiger partial charge in [-0.2, -0.15) is 0 Å². The van der Waals surface area contributed by atoms with Crippen LogP contribution >= 0.6 is 12.4 Å². The van der Waals surface area contributed by atoms with Crippen LogP contribution in [0.3, 0.4) is 0 Å². The Balaban J connectivity index is 0.00000225. The maximum absolute atomic E-state index is 11.5. The number of hydrogen-bond acceptors (Lipinski definition) is 3. The number of nitrogens with zero attached hydrogens (tertiary/aromatic N) is 1. The fraction of sp³-hybridized carbons (Fsp3) is 0.909. The van der Waals surface area contributed by atoms with Gasteiger partial charge in [-0.25, -0.2) is 0 Å². The third-order valence-corrected chi connectivity index (χ3v) is 2.94. The molecule has 0 atom stereocenters. The molecule has 0 radical (unpaired) electrons. The van der Waals surface area contributed by atoms with Gasteiger partial charge in [0.2, 0.25) is 5.91 Å². The number of rotatable bonds is 5. The summed E-state index contributed by atoms with van der Waals surface area (Å²) in [7, 11) is 2.01. The molecule has 1 amide bonds. The number of halogens is 1. The second-order valence-corrected chi connectivity index (χ2v) is 4.19. The van der Waals surface area contributed by atoms with E-state index in [4.69, 9.17) is 0 Å². The van der Waals surface area contributed by atoms with Crippen molar-refractivity contribution in [1.29, 1.82) is 0 Å². The minimum atomic E-state index is 0. The fourth-order valence-corrected chi connectivity index (χ4v) is 1.90. The Morgan fingerprint density at radius 3 is 2.50 bits per heavy atom. The van der Waals surface area contributed by atoms with Crippen LogP contribution < -0.4 is 10.6 Å². The summed E-state index contributed by atoms with van der Waals surface area (Å²) in [6.07, 6.45) is 3.31. The first-order valence-corrected chi connectivity index (χ1v) is 5.92. The molecule has 1 rings (SSSR count). The average molecular weight is 250 g/mol. The molecule has 0 saturated carbocycles. The standard InChI is InChI=1S/C11H23N3O.ClH/c1-3-6-13-11(15)9-14-7-4-10(12-2)5-8-14;/h10,12H,3-9H2,1-2H3,(H,13,15);1H. The number of carbonyl (C=O) groups is 1. The van der Waals surface area contributed by atoms with E-state index in [0.29, 0.717) is 12.6 Å². The Morgan fingerprint density at radius 1 is 1.38 bits per heavy atom. The van der Waals surface area contributed by atoms with Gasteiger partial charge in [0.25, 0.3) is 0 Å². The van der Waals surface area contributed by atoms with Gasteiger partial charge in [-0.1, -0.05) is 6.92 Å². The molecule has 0 spiro atoms. The molecule has 0 bridgehead atoms. The summed E-state index contributed by atoms with van der Waals surface area (Å²) in [5.74, 6) is 0.166. The molecule has 0 aliphatic carbocycles. The molecule has 1 fully saturated rings. The van der Waals surface area contributed by atoms with Crippen molar-refractivity contribution < 1.29 is 4.79 Å². The van der Waals surface area contributed by atoms with E-state index in [1.54, 1.807) is 0 Å². The minimum absolute atomic E-state index is 0. The zero-order valence-electron chi connectivity index (χ0n) is 10.3. The van der Waals surface area contributed by atoms with Crippen molar-refractivity contribution in [2.24, 2.45) is 0 Å². The summed E-state index contributed by atoms with van der Waals surface area (Å²) >= 11 is 0. The second kappa shape index (κ2) is 8.79. The summed E-state index contributed by atoms with van der Waals surface area (Å²) in [6.45, 7) is 5.50. The molecule has 0 aromatic carbocycles. The van der Waals surface area contributed by atoms with Gasteiger partial charge < -0.3 is 10.6 Å². The summed E-state index contributed by atoms with van der Waals surface area (Å²) in [5.41, 5.74) is 0. The van der Waals surface area contributed by atoms with Crippen molar-refractivity contribution in [2.45, 2.75) is 32.2 Å². The molecule has 16 heavy (non-hydrogen) atoms. The monoisotopic (exact) mass is 249 g/mol. The second-order valence-electron chi connectivity index (χ2n) is 4.19. The van der Waals surface area contributed by atoms with Crippen molar-refractivity contribution in [1.82, 2.24) is 15.5 Å². The average Bonchev–Trinajstić information content (AvgIpc) is 2.27. The molecular formula is C11H24ClN3O. The van der Waals surface area contributed by atoms with E-state index in [-0.39, 0.29) is 18.3 Å². The molecule has 96 valence electrons. The Bertz CT molecular complexity index is 194. The van der Waals surface area contributed by atoms with Gasteiger partial charge in [0.1, 0.15) is 0 Å². The Morgan fingerprint density at radius 2 is 2.00 bits per heavy atom. The van der Waals surface area contributed by atoms with Crippen LogP contribution in [0.5, 0.6) is 0 Å². The smallest absolute Gasteiger partial charge is 0.234 e. The molecule has 1 aliphatic rings. The van der Waals surface area contributed by atoms with Crippen LogP contribution in [0.4, 0.5) is 0 Å². The van der Waals surface area contributed by atoms with Crippen LogP contribution in [-0.4, -0.2) is 50.1 Å². The van der Waals surface area contributed by atoms with Crippen molar-refractivity contribution in [3.05, 3.63) is 0 Å². The Hall–Kier alpha value is -0.320. The molecule has 5 heteroatoms. The number of nitrogens with one attached hydrogen (secondary N) is 2. The SMILES string of the molecule is CCCNC(=O)CN1CCC(NC)CC1.Cl. The van der Waals surface area contributed by atoms with Crippen molar-refractivity contribution in [3.63, 3.8) is 0 Å². The van der Waals surface area contributed by atoms with Crippen LogP contribution in [0.15, 0.2) is 0 Å². The lowest BCUT2D eigenvalue weighted by Gasteiger charge is -2.31.